The molecule has 1 aliphatic heterocycles. The maximum Gasteiger partial charge on any atom is 0.326 e. The summed E-state index contributed by atoms with van der Waals surface area (Å²) in [4.78, 5) is 22.0. The summed E-state index contributed by atoms with van der Waals surface area (Å²) in [6.07, 6.45) is 2.23. The predicted octanol–water partition coefficient (Wildman–Crippen LogP) is 1.01. The van der Waals surface area contributed by atoms with E-state index < -0.39 is 12.0 Å². The van der Waals surface area contributed by atoms with Crippen LogP contribution in [0, 0.1) is 11.8 Å². The van der Waals surface area contributed by atoms with Crippen LogP contribution in [-0.2, 0) is 9.59 Å². The number of carboxylic acid groups (broad SMARTS) is 1. The molecule has 80 valence electrons. The van der Waals surface area contributed by atoms with Crippen LogP contribution in [0.3, 0.4) is 0 Å². The van der Waals surface area contributed by atoms with Crippen molar-refractivity contribution in [1.29, 1.82) is 0 Å². The lowest BCUT2D eigenvalue weighted by molar-refractivity contribution is -0.141. The lowest BCUT2D eigenvalue weighted by Crippen LogP contribution is -2.39. The van der Waals surface area contributed by atoms with E-state index in [4.69, 9.17) is 5.11 Å². The van der Waals surface area contributed by atoms with Crippen molar-refractivity contribution >= 4 is 11.9 Å². The number of carboxylic acids is 1. The zero-order valence-electron chi connectivity index (χ0n) is 8.62. The van der Waals surface area contributed by atoms with Crippen LogP contribution in [0.5, 0.6) is 0 Å². The smallest absolute Gasteiger partial charge is 0.326 e. The van der Waals surface area contributed by atoms with Gasteiger partial charge in [0.05, 0.1) is 0 Å². The van der Waals surface area contributed by atoms with Crippen molar-refractivity contribution < 1.29 is 14.7 Å². The number of carbonyl (C=O) groups excluding carboxylic acids is 1. The Morgan fingerprint density at radius 1 is 1.57 bits per heavy atom. The van der Waals surface area contributed by atoms with Gasteiger partial charge in [0.2, 0.25) is 5.91 Å². The van der Waals surface area contributed by atoms with Gasteiger partial charge in [0.15, 0.2) is 0 Å². The first-order valence-corrected chi connectivity index (χ1v) is 5.12. The Kier molecular flexibility index (Phi) is 3.49. The third-order valence-electron chi connectivity index (χ3n) is 3.09. The van der Waals surface area contributed by atoms with E-state index in [9.17, 15) is 9.59 Å². The SMILES string of the molecule is CCC(CC)C1CC(=O)NC1C(=O)O. The van der Waals surface area contributed by atoms with Gasteiger partial charge in [0.1, 0.15) is 6.04 Å². The lowest BCUT2D eigenvalue weighted by atomic mass is 9.83. The van der Waals surface area contributed by atoms with Crippen molar-refractivity contribution in [3.63, 3.8) is 0 Å². The number of carbonyl (C=O) groups is 2. The summed E-state index contributed by atoms with van der Waals surface area (Å²) in [5.74, 6) is -0.743. The van der Waals surface area contributed by atoms with E-state index in [1.807, 2.05) is 13.8 Å². The van der Waals surface area contributed by atoms with Crippen LogP contribution in [0.4, 0.5) is 0 Å². The minimum Gasteiger partial charge on any atom is -0.480 e. The molecule has 0 bridgehead atoms. The van der Waals surface area contributed by atoms with Crippen LogP contribution in [-0.4, -0.2) is 23.0 Å². The molecule has 1 amide bonds. The number of rotatable bonds is 4. The van der Waals surface area contributed by atoms with Gasteiger partial charge in [-0.25, -0.2) is 4.79 Å². The molecular formula is C10H17NO3. The molecule has 1 heterocycles. The minimum absolute atomic E-state index is 0.0324. The topological polar surface area (TPSA) is 66.4 Å². The van der Waals surface area contributed by atoms with E-state index in [2.05, 4.69) is 5.32 Å². The summed E-state index contributed by atoms with van der Waals surface area (Å²) in [5, 5.41) is 11.4. The first-order chi connectivity index (χ1) is 6.60. The highest BCUT2D eigenvalue weighted by Crippen LogP contribution is 2.29. The van der Waals surface area contributed by atoms with Gasteiger partial charge in [0.25, 0.3) is 0 Å². The Balaban J connectivity index is 2.74. The standard InChI is InChI=1S/C10H17NO3/c1-3-6(4-2)7-5-8(12)11-9(7)10(13)14/h6-7,9H,3-5H2,1-2H3,(H,11,12)(H,13,14). The van der Waals surface area contributed by atoms with Crippen molar-refractivity contribution in [2.75, 3.05) is 0 Å². The molecule has 2 N–H and O–H groups in total. The Bertz CT molecular complexity index is 236. The highest BCUT2D eigenvalue weighted by Gasteiger charge is 2.40. The molecule has 0 aromatic heterocycles. The zero-order valence-corrected chi connectivity index (χ0v) is 8.62. The van der Waals surface area contributed by atoms with Crippen molar-refractivity contribution in [2.24, 2.45) is 11.8 Å². The van der Waals surface area contributed by atoms with E-state index in [0.29, 0.717) is 12.3 Å². The summed E-state index contributed by atoms with van der Waals surface area (Å²) in [6.45, 7) is 4.08. The zero-order chi connectivity index (χ0) is 10.7. The minimum atomic E-state index is -0.909. The molecule has 0 spiro atoms. The molecule has 0 aromatic rings. The second kappa shape index (κ2) is 4.44. The average molecular weight is 199 g/mol. The van der Waals surface area contributed by atoms with Crippen molar-refractivity contribution in [3.05, 3.63) is 0 Å². The third-order valence-corrected chi connectivity index (χ3v) is 3.09. The number of amides is 1. The fourth-order valence-corrected chi connectivity index (χ4v) is 2.25. The molecule has 4 nitrogen and oxygen atoms in total. The maximum atomic E-state index is 11.1. The summed E-state index contributed by atoms with van der Waals surface area (Å²) in [5.41, 5.74) is 0. The highest BCUT2D eigenvalue weighted by atomic mass is 16.4. The molecule has 2 atom stereocenters. The van der Waals surface area contributed by atoms with Crippen LogP contribution in [0.15, 0.2) is 0 Å². The van der Waals surface area contributed by atoms with E-state index >= 15 is 0 Å². The van der Waals surface area contributed by atoms with E-state index in [1.54, 1.807) is 0 Å². The van der Waals surface area contributed by atoms with Gasteiger partial charge in [-0.1, -0.05) is 26.7 Å². The van der Waals surface area contributed by atoms with Crippen molar-refractivity contribution in [1.82, 2.24) is 5.32 Å². The Morgan fingerprint density at radius 2 is 2.14 bits per heavy atom. The molecule has 0 aliphatic carbocycles. The fourth-order valence-electron chi connectivity index (χ4n) is 2.25. The highest BCUT2D eigenvalue weighted by molar-refractivity contribution is 5.88. The monoisotopic (exact) mass is 199 g/mol. The van der Waals surface area contributed by atoms with Crippen molar-refractivity contribution in [3.8, 4) is 0 Å². The normalized spacial score (nSPS) is 26.6. The lowest BCUT2D eigenvalue weighted by Gasteiger charge is -2.22. The van der Waals surface area contributed by atoms with Crippen LogP contribution in [0.1, 0.15) is 33.1 Å². The van der Waals surface area contributed by atoms with E-state index in [-0.39, 0.29) is 11.8 Å². The first kappa shape index (κ1) is 11.0. The molecule has 1 rings (SSSR count). The summed E-state index contributed by atoms with van der Waals surface area (Å²) in [6, 6.07) is -0.674. The van der Waals surface area contributed by atoms with Gasteiger partial charge in [-0.2, -0.15) is 0 Å². The van der Waals surface area contributed by atoms with Gasteiger partial charge in [-0.05, 0) is 5.92 Å². The fraction of sp³-hybridized carbons (Fsp3) is 0.800. The summed E-state index contributed by atoms with van der Waals surface area (Å²) >= 11 is 0. The second-order valence-corrected chi connectivity index (χ2v) is 3.83. The van der Waals surface area contributed by atoms with E-state index in [0.717, 1.165) is 12.8 Å². The molecule has 2 unspecified atom stereocenters. The number of hydrogen-bond donors (Lipinski definition) is 2. The molecule has 1 fully saturated rings. The molecule has 0 radical (unpaired) electrons. The molecule has 14 heavy (non-hydrogen) atoms. The predicted molar refractivity (Wildman–Crippen MR) is 51.7 cm³/mol. The second-order valence-electron chi connectivity index (χ2n) is 3.83. The van der Waals surface area contributed by atoms with Crippen LogP contribution >= 0.6 is 0 Å². The molecular weight excluding hydrogens is 182 g/mol. The number of aliphatic carboxylic acids is 1. The largest absolute Gasteiger partial charge is 0.480 e. The molecule has 1 saturated heterocycles. The first-order valence-electron chi connectivity index (χ1n) is 5.12. The summed E-state index contributed by atoms with van der Waals surface area (Å²) < 4.78 is 0. The Labute approximate surface area is 83.7 Å². The van der Waals surface area contributed by atoms with Gasteiger partial charge < -0.3 is 10.4 Å². The van der Waals surface area contributed by atoms with Gasteiger partial charge in [0, 0.05) is 12.3 Å². The summed E-state index contributed by atoms with van der Waals surface area (Å²) in [7, 11) is 0. The van der Waals surface area contributed by atoms with Crippen LogP contribution < -0.4 is 5.32 Å². The average Bonchev–Trinajstić information content (AvgIpc) is 2.50. The molecule has 4 heteroatoms. The van der Waals surface area contributed by atoms with Gasteiger partial charge >= 0.3 is 5.97 Å². The van der Waals surface area contributed by atoms with Crippen LogP contribution in [0.25, 0.3) is 0 Å². The van der Waals surface area contributed by atoms with Crippen molar-refractivity contribution in [2.45, 2.75) is 39.2 Å². The molecule has 0 saturated carbocycles. The number of hydrogen-bond acceptors (Lipinski definition) is 2. The molecule has 0 aromatic carbocycles. The van der Waals surface area contributed by atoms with Gasteiger partial charge in [-0.15, -0.1) is 0 Å². The van der Waals surface area contributed by atoms with Gasteiger partial charge in [-0.3, -0.25) is 4.79 Å². The van der Waals surface area contributed by atoms with E-state index in [1.165, 1.54) is 0 Å². The van der Waals surface area contributed by atoms with Crippen LogP contribution in [0.2, 0.25) is 0 Å². The maximum absolute atomic E-state index is 11.1. The molecule has 1 aliphatic rings. The third kappa shape index (κ3) is 2.05. The quantitative estimate of drug-likeness (QED) is 0.710. The number of nitrogens with one attached hydrogen (secondary N) is 1. The Morgan fingerprint density at radius 3 is 2.57 bits per heavy atom. The Hall–Kier alpha value is -1.06.